The highest BCUT2D eigenvalue weighted by atomic mass is 32.2. The Balaban J connectivity index is 2.93. The largest absolute Gasteiger partial charge is 0.573 e. The van der Waals surface area contributed by atoms with E-state index in [0.29, 0.717) is 10.6 Å². The van der Waals surface area contributed by atoms with Gasteiger partial charge in [-0.2, -0.15) is 0 Å². The van der Waals surface area contributed by atoms with Gasteiger partial charge in [-0.3, -0.25) is 5.84 Å². The summed E-state index contributed by atoms with van der Waals surface area (Å²) < 4.78 is 39.4. The highest BCUT2D eigenvalue weighted by Gasteiger charge is 2.31. The molecule has 15 heavy (non-hydrogen) atoms. The Morgan fingerprint density at radius 1 is 1.40 bits per heavy atom. The zero-order valence-corrected chi connectivity index (χ0v) is 8.58. The van der Waals surface area contributed by atoms with Crippen LogP contribution >= 0.6 is 11.8 Å². The van der Waals surface area contributed by atoms with Crippen molar-refractivity contribution in [3.8, 4) is 5.75 Å². The van der Waals surface area contributed by atoms with Crippen molar-refractivity contribution in [3.63, 3.8) is 0 Å². The molecule has 3 N–H and O–H groups in total. The van der Waals surface area contributed by atoms with E-state index < -0.39 is 6.36 Å². The van der Waals surface area contributed by atoms with E-state index >= 15 is 0 Å². The van der Waals surface area contributed by atoms with Gasteiger partial charge in [-0.15, -0.1) is 24.9 Å². The zero-order chi connectivity index (χ0) is 11.5. The van der Waals surface area contributed by atoms with Crippen LogP contribution in [-0.4, -0.2) is 12.6 Å². The van der Waals surface area contributed by atoms with E-state index in [0.717, 1.165) is 0 Å². The van der Waals surface area contributed by atoms with Gasteiger partial charge in [0.15, 0.2) is 0 Å². The molecule has 0 aliphatic rings. The molecule has 0 saturated heterocycles. The number of alkyl halides is 3. The third kappa shape index (κ3) is 3.52. The van der Waals surface area contributed by atoms with Crippen LogP contribution in [0, 0.1) is 0 Å². The van der Waals surface area contributed by atoms with Gasteiger partial charge < -0.3 is 10.2 Å². The Labute approximate surface area is 88.8 Å². The number of halogens is 3. The molecule has 0 spiro atoms. The van der Waals surface area contributed by atoms with Crippen LogP contribution in [0.2, 0.25) is 0 Å². The van der Waals surface area contributed by atoms with Crippen LogP contribution in [0.15, 0.2) is 23.1 Å². The SMILES string of the molecule is CSc1cc(OC(F)(F)F)ccc1NN. The van der Waals surface area contributed by atoms with E-state index in [1.807, 2.05) is 0 Å². The molecule has 1 rings (SSSR count). The van der Waals surface area contributed by atoms with E-state index in [-0.39, 0.29) is 5.75 Å². The molecule has 0 aliphatic heterocycles. The number of ether oxygens (including phenoxy) is 1. The molecule has 0 heterocycles. The average Bonchev–Trinajstić information content (AvgIpc) is 2.15. The number of nitrogens with two attached hydrogens (primary N) is 1. The molecule has 3 nitrogen and oxygen atoms in total. The maximum Gasteiger partial charge on any atom is 0.573 e. The molecule has 0 radical (unpaired) electrons. The Bertz CT molecular complexity index is 343. The van der Waals surface area contributed by atoms with Gasteiger partial charge in [0, 0.05) is 4.90 Å². The Hall–Kier alpha value is -1.08. The average molecular weight is 238 g/mol. The number of rotatable bonds is 3. The maximum atomic E-state index is 11.9. The molecule has 0 atom stereocenters. The first-order chi connectivity index (χ1) is 6.96. The fraction of sp³-hybridized carbons (Fsp3) is 0.250. The summed E-state index contributed by atoms with van der Waals surface area (Å²) in [6, 6.07) is 3.89. The van der Waals surface area contributed by atoms with Crippen molar-refractivity contribution in [2.75, 3.05) is 11.7 Å². The smallest absolute Gasteiger partial charge is 0.406 e. The van der Waals surface area contributed by atoms with E-state index in [9.17, 15) is 13.2 Å². The standard InChI is InChI=1S/C8H9F3N2OS/c1-15-7-4-5(14-8(9,10)11)2-3-6(7)13-12/h2-4,13H,12H2,1H3. The molecule has 0 unspecified atom stereocenters. The summed E-state index contributed by atoms with van der Waals surface area (Å²) in [5, 5.41) is 0. The first-order valence-electron chi connectivity index (χ1n) is 3.86. The van der Waals surface area contributed by atoms with E-state index in [1.54, 1.807) is 6.26 Å². The van der Waals surface area contributed by atoms with Crippen molar-refractivity contribution in [1.29, 1.82) is 0 Å². The van der Waals surface area contributed by atoms with Gasteiger partial charge >= 0.3 is 6.36 Å². The quantitative estimate of drug-likeness (QED) is 0.482. The topological polar surface area (TPSA) is 47.3 Å². The molecule has 7 heteroatoms. The van der Waals surface area contributed by atoms with Crippen LogP contribution in [0.25, 0.3) is 0 Å². The summed E-state index contributed by atoms with van der Waals surface area (Å²) in [4.78, 5) is 0.583. The number of hydrogen-bond acceptors (Lipinski definition) is 4. The molecule has 0 aliphatic carbocycles. The van der Waals surface area contributed by atoms with Crippen molar-refractivity contribution in [3.05, 3.63) is 18.2 Å². The van der Waals surface area contributed by atoms with E-state index in [1.165, 1.54) is 30.0 Å². The van der Waals surface area contributed by atoms with E-state index in [2.05, 4.69) is 10.2 Å². The first kappa shape index (κ1) is 12.0. The highest BCUT2D eigenvalue weighted by molar-refractivity contribution is 7.98. The lowest BCUT2D eigenvalue weighted by Crippen LogP contribution is -2.17. The van der Waals surface area contributed by atoms with Gasteiger partial charge in [-0.1, -0.05) is 0 Å². The van der Waals surface area contributed by atoms with Gasteiger partial charge in [0.1, 0.15) is 5.75 Å². The van der Waals surface area contributed by atoms with Gasteiger partial charge in [0.2, 0.25) is 0 Å². The molecule has 1 aromatic rings. The summed E-state index contributed by atoms with van der Waals surface area (Å²) >= 11 is 1.27. The van der Waals surface area contributed by atoms with E-state index in [4.69, 9.17) is 5.84 Å². The molecule has 0 saturated carbocycles. The summed E-state index contributed by atoms with van der Waals surface area (Å²) in [7, 11) is 0. The minimum absolute atomic E-state index is 0.258. The number of hydrogen-bond donors (Lipinski definition) is 2. The lowest BCUT2D eigenvalue weighted by atomic mass is 10.3. The van der Waals surface area contributed by atoms with Crippen molar-refractivity contribution < 1.29 is 17.9 Å². The molecule has 0 fully saturated rings. The third-order valence-corrected chi connectivity index (χ3v) is 2.34. The second-order valence-electron chi connectivity index (χ2n) is 2.55. The number of nitrogens with one attached hydrogen (secondary N) is 1. The molecule has 0 bridgehead atoms. The lowest BCUT2D eigenvalue weighted by Gasteiger charge is -2.11. The molecule has 0 amide bonds. The molecular weight excluding hydrogens is 229 g/mol. The minimum Gasteiger partial charge on any atom is -0.406 e. The van der Waals surface area contributed by atoms with Crippen LogP contribution < -0.4 is 16.0 Å². The second-order valence-corrected chi connectivity index (χ2v) is 3.40. The highest BCUT2D eigenvalue weighted by Crippen LogP contribution is 2.31. The van der Waals surface area contributed by atoms with Crippen molar-refractivity contribution in [1.82, 2.24) is 0 Å². The molecule has 84 valence electrons. The maximum absolute atomic E-state index is 11.9. The van der Waals surface area contributed by atoms with Gasteiger partial charge in [-0.05, 0) is 24.5 Å². The Morgan fingerprint density at radius 3 is 2.53 bits per heavy atom. The normalized spacial score (nSPS) is 11.3. The van der Waals surface area contributed by atoms with Gasteiger partial charge in [-0.25, -0.2) is 0 Å². The van der Waals surface area contributed by atoms with Crippen LogP contribution in [0.5, 0.6) is 5.75 Å². The van der Waals surface area contributed by atoms with Gasteiger partial charge in [0.05, 0.1) is 5.69 Å². The number of hydrazine groups is 1. The minimum atomic E-state index is -4.67. The summed E-state index contributed by atoms with van der Waals surface area (Å²) in [5.41, 5.74) is 2.93. The fourth-order valence-corrected chi connectivity index (χ4v) is 1.57. The molecule has 0 aromatic heterocycles. The van der Waals surface area contributed by atoms with Crippen LogP contribution in [0.4, 0.5) is 18.9 Å². The Morgan fingerprint density at radius 2 is 2.07 bits per heavy atom. The van der Waals surface area contributed by atoms with Crippen LogP contribution in [0.1, 0.15) is 0 Å². The predicted molar refractivity (Wildman–Crippen MR) is 52.7 cm³/mol. The van der Waals surface area contributed by atoms with Crippen molar-refractivity contribution >= 4 is 17.4 Å². The number of thioether (sulfide) groups is 1. The number of nitrogen functional groups attached to an aromatic ring is 1. The zero-order valence-electron chi connectivity index (χ0n) is 7.76. The van der Waals surface area contributed by atoms with Crippen molar-refractivity contribution in [2.45, 2.75) is 11.3 Å². The van der Waals surface area contributed by atoms with Crippen LogP contribution in [-0.2, 0) is 0 Å². The van der Waals surface area contributed by atoms with Crippen LogP contribution in [0.3, 0.4) is 0 Å². The first-order valence-corrected chi connectivity index (χ1v) is 5.09. The number of benzene rings is 1. The lowest BCUT2D eigenvalue weighted by molar-refractivity contribution is -0.274. The van der Waals surface area contributed by atoms with Gasteiger partial charge in [0.25, 0.3) is 0 Å². The second kappa shape index (κ2) is 4.63. The summed E-state index contributed by atoms with van der Waals surface area (Å²) in [5.74, 6) is 4.92. The summed E-state index contributed by atoms with van der Waals surface area (Å²) in [6.07, 6.45) is -2.94. The monoisotopic (exact) mass is 238 g/mol. The Kier molecular flexibility index (Phi) is 3.70. The predicted octanol–water partition coefficient (Wildman–Crippen LogP) is 2.59. The van der Waals surface area contributed by atoms with Crippen molar-refractivity contribution in [2.24, 2.45) is 5.84 Å². The third-order valence-electron chi connectivity index (χ3n) is 1.56. The number of anilines is 1. The summed E-state index contributed by atoms with van der Waals surface area (Å²) in [6.45, 7) is 0. The molecular formula is C8H9F3N2OS. The fourth-order valence-electron chi connectivity index (χ4n) is 0.988. The molecule has 1 aromatic carbocycles.